The van der Waals surface area contributed by atoms with Crippen molar-refractivity contribution >= 4 is 22.5 Å². The number of benzene rings is 5. The average molecular weight is 489 g/mol. The second-order valence-electron chi connectivity index (χ2n) is 9.21. The standard InChI is InChI=1S/C32H28N2O3/c1-21-2-11-26(12-3-21)34-32(37)33-20-23-6-4-22(5-7-23)18-31-29(24-8-13-27(35)14-9-24)16-10-25-19-28(36)15-17-30(25)31/h2-17,19,35-36H,18,20H2,1H3,(H2,33,34,37). The van der Waals surface area contributed by atoms with Crippen molar-refractivity contribution in [2.45, 2.75) is 19.9 Å². The molecule has 0 unspecified atom stereocenters. The molecule has 5 nitrogen and oxygen atoms in total. The van der Waals surface area contributed by atoms with Crippen LogP contribution in [0.4, 0.5) is 10.5 Å². The van der Waals surface area contributed by atoms with Crippen molar-refractivity contribution in [3.05, 3.63) is 125 Å². The highest BCUT2D eigenvalue weighted by Crippen LogP contribution is 2.34. The van der Waals surface area contributed by atoms with Crippen LogP contribution >= 0.6 is 0 Å². The van der Waals surface area contributed by atoms with Gasteiger partial charge >= 0.3 is 6.03 Å². The van der Waals surface area contributed by atoms with Crippen LogP contribution in [0.3, 0.4) is 0 Å². The second-order valence-corrected chi connectivity index (χ2v) is 9.21. The maximum absolute atomic E-state index is 12.3. The minimum Gasteiger partial charge on any atom is -0.508 e. The number of amides is 2. The van der Waals surface area contributed by atoms with Gasteiger partial charge in [-0.1, -0.05) is 72.3 Å². The van der Waals surface area contributed by atoms with Crippen LogP contribution in [0.1, 0.15) is 22.3 Å². The number of aromatic hydroxyl groups is 2. The van der Waals surface area contributed by atoms with E-state index in [2.05, 4.69) is 28.8 Å². The molecule has 0 fully saturated rings. The van der Waals surface area contributed by atoms with E-state index in [1.165, 1.54) is 0 Å². The summed E-state index contributed by atoms with van der Waals surface area (Å²) >= 11 is 0. The van der Waals surface area contributed by atoms with Crippen molar-refractivity contribution in [1.82, 2.24) is 5.32 Å². The topological polar surface area (TPSA) is 81.6 Å². The summed E-state index contributed by atoms with van der Waals surface area (Å²) in [4.78, 5) is 12.3. The van der Waals surface area contributed by atoms with Gasteiger partial charge in [0.25, 0.3) is 0 Å². The van der Waals surface area contributed by atoms with E-state index in [0.717, 1.165) is 49.8 Å². The zero-order chi connectivity index (χ0) is 25.8. The number of aryl methyl sites for hydroxylation is 1. The molecule has 37 heavy (non-hydrogen) atoms. The first-order valence-corrected chi connectivity index (χ1v) is 12.2. The van der Waals surface area contributed by atoms with Gasteiger partial charge in [0.15, 0.2) is 0 Å². The average Bonchev–Trinajstić information content (AvgIpc) is 2.90. The second kappa shape index (κ2) is 10.5. The number of fused-ring (bicyclic) bond motifs is 1. The maximum Gasteiger partial charge on any atom is 0.319 e. The van der Waals surface area contributed by atoms with E-state index in [4.69, 9.17) is 0 Å². The Kier molecular flexibility index (Phi) is 6.77. The van der Waals surface area contributed by atoms with Crippen LogP contribution in [0, 0.1) is 6.92 Å². The summed E-state index contributed by atoms with van der Waals surface area (Å²) < 4.78 is 0. The van der Waals surface area contributed by atoms with Gasteiger partial charge in [-0.15, -0.1) is 0 Å². The Labute approximate surface area is 216 Å². The third-order valence-corrected chi connectivity index (χ3v) is 6.46. The summed E-state index contributed by atoms with van der Waals surface area (Å²) in [5, 5.41) is 27.5. The van der Waals surface area contributed by atoms with Crippen molar-refractivity contribution in [1.29, 1.82) is 0 Å². The van der Waals surface area contributed by atoms with Crippen LogP contribution in [-0.4, -0.2) is 16.2 Å². The largest absolute Gasteiger partial charge is 0.508 e. The number of carbonyl (C=O) groups is 1. The van der Waals surface area contributed by atoms with Crippen molar-refractivity contribution in [3.8, 4) is 22.6 Å². The fraction of sp³-hybridized carbons (Fsp3) is 0.0938. The molecule has 0 spiro atoms. The summed E-state index contributed by atoms with van der Waals surface area (Å²) in [5.74, 6) is 0.465. The molecule has 0 aliphatic rings. The van der Waals surface area contributed by atoms with Crippen LogP contribution in [0.15, 0.2) is 103 Å². The smallest absolute Gasteiger partial charge is 0.319 e. The van der Waals surface area contributed by atoms with Crippen molar-refractivity contribution in [2.24, 2.45) is 0 Å². The molecule has 0 radical (unpaired) electrons. The molecule has 0 bridgehead atoms. The van der Waals surface area contributed by atoms with Crippen LogP contribution in [0.25, 0.3) is 21.9 Å². The van der Waals surface area contributed by atoms with Crippen LogP contribution in [0.5, 0.6) is 11.5 Å². The van der Waals surface area contributed by atoms with Crippen molar-refractivity contribution in [3.63, 3.8) is 0 Å². The lowest BCUT2D eigenvalue weighted by molar-refractivity contribution is 0.251. The van der Waals surface area contributed by atoms with Gasteiger partial charge in [0.1, 0.15) is 11.5 Å². The predicted octanol–water partition coefficient (Wildman–Crippen LogP) is 7.14. The van der Waals surface area contributed by atoms with E-state index < -0.39 is 0 Å². The minimum atomic E-state index is -0.245. The van der Waals surface area contributed by atoms with Gasteiger partial charge in [0.05, 0.1) is 0 Å². The van der Waals surface area contributed by atoms with Crippen LogP contribution in [-0.2, 0) is 13.0 Å². The number of nitrogens with one attached hydrogen (secondary N) is 2. The summed E-state index contributed by atoms with van der Waals surface area (Å²) in [7, 11) is 0. The molecular formula is C32H28N2O3. The third kappa shape index (κ3) is 5.73. The van der Waals surface area contributed by atoms with Gasteiger partial charge in [0.2, 0.25) is 0 Å². The molecule has 2 amide bonds. The summed E-state index contributed by atoms with van der Waals surface area (Å²) in [6, 6.07) is 32.4. The van der Waals surface area contributed by atoms with E-state index >= 15 is 0 Å². The first kappa shape index (κ1) is 23.9. The van der Waals surface area contributed by atoms with Crippen LogP contribution in [0.2, 0.25) is 0 Å². The lowest BCUT2D eigenvalue weighted by Gasteiger charge is -2.15. The van der Waals surface area contributed by atoms with Gasteiger partial charge in [-0.05, 0) is 88.3 Å². The molecule has 5 heteroatoms. The summed E-state index contributed by atoms with van der Waals surface area (Å²) in [5.41, 5.74) is 7.28. The fourth-order valence-corrected chi connectivity index (χ4v) is 4.46. The predicted molar refractivity (Wildman–Crippen MR) is 149 cm³/mol. The molecule has 0 atom stereocenters. The Bertz CT molecular complexity index is 1540. The normalized spacial score (nSPS) is 10.8. The number of hydrogen-bond acceptors (Lipinski definition) is 3. The number of anilines is 1. The van der Waals surface area contributed by atoms with E-state index in [-0.39, 0.29) is 17.5 Å². The zero-order valence-corrected chi connectivity index (χ0v) is 20.5. The van der Waals surface area contributed by atoms with Gasteiger partial charge in [-0.25, -0.2) is 4.79 Å². The van der Waals surface area contributed by atoms with E-state index in [9.17, 15) is 15.0 Å². The Hall–Kier alpha value is -4.77. The summed E-state index contributed by atoms with van der Waals surface area (Å²) in [6.07, 6.45) is 0.694. The number of phenols is 2. The van der Waals surface area contributed by atoms with Crippen molar-refractivity contribution < 1.29 is 15.0 Å². The van der Waals surface area contributed by atoms with Gasteiger partial charge in [-0.2, -0.15) is 0 Å². The molecular weight excluding hydrogens is 460 g/mol. The Morgan fingerprint density at radius 1 is 0.730 bits per heavy atom. The molecule has 0 saturated carbocycles. The van der Waals surface area contributed by atoms with Gasteiger partial charge < -0.3 is 20.8 Å². The Balaban J connectivity index is 1.34. The number of phenolic OH excluding ortho intramolecular Hbond substituents is 2. The number of rotatable bonds is 6. The highest BCUT2D eigenvalue weighted by Gasteiger charge is 2.12. The Morgan fingerprint density at radius 2 is 1.41 bits per heavy atom. The molecule has 5 aromatic carbocycles. The first-order valence-electron chi connectivity index (χ1n) is 12.2. The zero-order valence-electron chi connectivity index (χ0n) is 20.5. The molecule has 5 aromatic rings. The van der Waals surface area contributed by atoms with Crippen molar-refractivity contribution in [2.75, 3.05) is 5.32 Å². The highest BCUT2D eigenvalue weighted by molar-refractivity contribution is 5.93. The van der Waals surface area contributed by atoms with E-state index in [0.29, 0.717) is 13.0 Å². The van der Waals surface area contributed by atoms with Gasteiger partial charge in [-0.3, -0.25) is 0 Å². The molecule has 0 aromatic heterocycles. The SMILES string of the molecule is Cc1ccc(NC(=O)NCc2ccc(Cc3c(-c4ccc(O)cc4)ccc4cc(O)ccc34)cc2)cc1. The van der Waals surface area contributed by atoms with E-state index in [1.807, 2.05) is 67.6 Å². The number of hydrogen-bond donors (Lipinski definition) is 4. The van der Waals surface area contributed by atoms with E-state index in [1.54, 1.807) is 24.3 Å². The molecule has 0 aliphatic heterocycles. The molecule has 0 saturated heterocycles. The number of carbonyl (C=O) groups excluding carboxylic acids is 1. The lowest BCUT2D eigenvalue weighted by atomic mass is 9.90. The lowest BCUT2D eigenvalue weighted by Crippen LogP contribution is -2.28. The first-order chi connectivity index (χ1) is 17.9. The van der Waals surface area contributed by atoms with Crippen LogP contribution < -0.4 is 10.6 Å². The quantitative estimate of drug-likeness (QED) is 0.205. The summed E-state index contributed by atoms with van der Waals surface area (Å²) in [6.45, 7) is 2.43. The minimum absolute atomic E-state index is 0.229. The highest BCUT2D eigenvalue weighted by atomic mass is 16.3. The molecule has 0 heterocycles. The molecule has 184 valence electrons. The fourth-order valence-electron chi connectivity index (χ4n) is 4.46. The molecule has 0 aliphatic carbocycles. The Morgan fingerprint density at radius 3 is 2.14 bits per heavy atom. The molecule has 5 rings (SSSR count). The molecule has 4 N–H and O–H groups in total. The van der Waals surface area contributed by atoms with Gasteiger partial charge in [0, 0.05) is 12.2 Å². The number of urea groups is 1. The monoisotopic (exact) mass is 488 g/mol. The third-order valence-electron chi connectivity index (χ3n) is 6.46. The maximum atomic E-state index is 12.3.